The van der Waals surface area contributed by atoms with Crippen LogP contribution in [0, 0.1) is 17.2 Å². The van der Waals surface area contributed by atoms with Gasteiger partial charge in [0, 0.05) is 6.54 Å². The lowest BCUT2D eigenvalue weighted by atomic mass is 9.78. The molecule has 4 nitrogen and oxygen atoms in total. The van der Waals surface area contributed by atoms with Gasteiger partial charge in [-0.15, -0.1) is 0 Å². The van der Waals surface area contributed by atoms with Crippen LogP contribution in [-0.2, 0) is 6.54 Å². The molecule has 0 atom stereocenters. The van der Waals surface area contributed by atoms with Crippen molar-refractivity contribution >= 4 is 0 Å². The van der Waals surface area contributed by atoms with Crippen molar-refractivity contribution in [1.29, 1.82) is 5.26 Å². The molecular formula is C16H20N2O2. The summed E-state index contributed by atoms with van der Waals surface area (Å²) in [6, 6.07) is 8.44. The van der Waals surface area contributed by atoms with E-state index in [-0.39, 0.29) is 5.54 Å². The molecule has 1 aliphatic heterocycles. The van der Waals surface area contributed by atoms with Gasteiger partial charge in [0.2, 0.25) is 6.79 Å². The Balaban J connectivity index is 1.65. The van der Waals surface area contributed by atoms with Crippen LogP contribution in [0.25, 0.3) is 0 Å². The zero-order valence-electron chi connectivity index (χ0n) is 11.8. The molecule has 1 heterocycles. The number of rotatable bonds is 3. The van der Waals surface area contributed by atoms with Crippen molar-refractivity contribution in [3.63, 3.8) is 0 Å². The zero-order chi connectivity index (χ0) is 14.0. The molecule has 0 amide bonds. The first-order chi connectivity index (χ1) is 9.71. The van der Waals surface area contributed by atoms with Gasteiger partial charge in [0.15, 0.2) is 11.5 Å². The summed E-state index contributed by atoms with van der Waals surface area (Å²) < 4.78 is 10.7. The second kappa shape index (κ2) is 5.34. The van der Waals surface area contributed by atoms with E-state index in [0.29, 0.717) is 13.3 Å². The molecule has 0 unspecified atom stereocenters. The van der Waals surface area contributed by atoms with Crippen molar-refractivity contribution in [3.8, 4) is 17.6 Å². The average Bonchev–Trinajstić information content (AvgIpc) is 2.95. The van der Waals surface area contributed by atoms with Gasteiger partial charge in [0.05, 0.1) is 6.07 Å². The van der Waals surface area contributed by atoms with E-state index in [4.69, 9.17) is 9.47 Å². The van der Waals surface area contributed by atoms with Crippen LogP contribution in [-0.4, -0.2) is 12.3 Å². The monoisotopic (exact) mass is 272 g/mol. The van der Waals surface area contributed by atoms with E-state index >= 15 is 0 Å². The molecule has 0 saturated heterocycles. The zero-order valence-corrected chi connectivity index (χ0v) is 11.8. The minimum absolute atomic E-state index is 0.298. The standard InChI is InChI=1S/C16H20N2O2/c1-12-4-6-16(10-17,7-5-12)18-9-13-2-3-14-15(8-13)20-11-19-14/h2-3,8,12,18H,4-7,9,11H2,1H3. The van der Waals surface area contributed by atoms with Crippen molar-refractivity contribution in [2.45, 2.75) is 44.7 Å². The SMILES string of the molecule is CC1CCC(C#N)(NCc2ccc3c(c2)OCO3)CC1. The molecule has 4 heteroatoms. The van der Waals surface area contributed by atoms with Gasteiger partial charge in [-0.3, -0.25) is 5.32 Å². The highest BCUT2D eigenvalue weighted by atomic mass is 16.7. The topological polar surface area (TPSA) is 54.3 Å². The van der Waals surface area contributed by atoms with Crippen molar-refractivity contribution in [2.75, 3.05) is 6.79 Å². The highest BCUT2D eigenvalue weighted by molar-refractivity contribution is 5.44. The van der Waals surface area contributed by atoms with Crippen LogP contribution in [0.4, 0.5) is 0 Å². The van der Waals surface area contributed by atoms with Crippen LogP contribution < -0.4 is 14.8 Å². The Kier molecular flexibility index (Phi) is 3.54. The number of hydrogen-bond acceptors (Lipinski definition) is 4. The summed E-state index contributed by atoms with van der Waals surface area (Å²) in [5, 5.41) is 13.0. The van der Waals surface area contributed by atoms with E-state index in [1.165, 1.54) is 0 Å². The normalized spacial score (nSPS) is 28.1. The lowest BCUT2D eigenvalue weighted by molar-refractivity contribution is 0.174. The Labute approximate surface area is 119 Å². The van der Waals surface area contributed by atoms with Crippen molar-refractivity contribution in [3.05, 3.63) is 23.8 Å². The maximum Gasteiger partial charge on any atom is 0.231 e. The van der Waals surface area contributed by atoms with E-state index in [1.807, 2.05) is 18.2 Å². The smallest absolute Gasteiger partial charge is 0.231 e. The van der Waals surface area contributed by atoms with Gasteiger partial charge in [-0.2, -0.15) is 5.26 Å². The molecule has 0 radical (unpaired) electrons. The number of fused-ring (bicyclic) bond motifs is 1. The molecule has 1 aliphatic carbocycles. The fourth-order valence-electron chi connectivity index (χ4n) is 2.91. The highest BCUT2D eigenvalue weighted by Crippen LogP contribution is 2.34. The Bertz CT molecular complexity index is 528. The summed E-state index contributed by atoms with van der Waals surface area (Å²) in [5.74, 6) is 2.34. The highest BCUT2D eigenvalue weighted by Gasteiger charge is 2.33. The third kappa shape index (κ3) is 2.59. The number of ether oxygens (including phenoxy) is 2. The number of nitriles is 1. The Morgan fingerprint density at radius 3 is 2.80 bits per heavy atom. The summed E-state index contributed by atoms with van der Waals surface area (Å²) >= 11 is 0. The molecule has 0 bridgehead atoms. The molecule has 1 saturated carbocycles. The predicted molar refractivity (Wildman–Crippen MR) is 75.4 cm³/mol. The summed E-state index contributed by atoms with van der Waals surface area (Å²) in [6.45, 7) is 3.25. The molecule has 1 N–H and O–H groups in total. The van der Waals surface area contributed by atoms with E-state index < -0.39 is 0 Å². The maximum absolute atomic E-state index is 9.50. The quantitative estimate of drug-likeness (QED) is 0.919. The maximum atomic E-state index is 9.50. The lowest BCUT2D eigenvalue weighted by Crippen LogP contribution is -2.46. The number of benzene rings is 1. The number of nitrogens with zero attached hydrogens (tertiary/aromatic N) is 1. The van der Waals surface area contributed by atoms with Crippen molar-refractivity contribution in [1.82, 2.24) is 5.32 Å². The fourth-order valence-corrected chi connectivity index (χ4v) is 2.91. The van der Waals surface area contributed by atoms with E-state index in [1.54, 1.807) is 0 Å². The Morgan fingerprint density at radius 2 is 2.05 bits per heavy atom. The third-order valence-electron chi connectivity index (χ3n) is 4.41. The molecular weight excluding hydrogens is 252 g/mol. The van der Waals surface area contributed by atoms with Gasteiger partial charge in [0.25, 0.3) is 0 Å². The number of nitrogens with one attached hydrogen (secondary N) is 1. The van der Waals surface area contributed by atoms with E-state index in [9.17, 15) is 5.26 Å². The summed E-state index contributed by atoms with van der Waals surface area (Å²) in [6.07, 6.45) is 4.13. The molecule has 20 heavy (non-hydrogen) atoms. The van der Waals surface area contributed by atoms with Crippen molar-refractivity contribution < 1.29 is 9.47 Å². The van der Waals surface area contributed by atoms with Crippen LogP contribution in [0.15, 0.2) is 18.2 Å². The van der Waals surface area contributed by atoms with Crippen LogP contribution >= 0.6 is 0 Å². The second-order valence-electron chi connectivity index (χ2n) is 5.92. The van der Waals surface area contributed by atoms with Crippen LogP contribution in [0.2, 0.25) is 0 Å². The molecule has 0 aromatic heterocycles. The first-order valence-electron chi connectivity index (χ1n) is 7.26. The molecule has 3 rings (SSSR count). The molecule has 1 aromatic rings. The third-order valence-corrected chi connectivity index (χ3v) is 4.41. The van der Waals surface area contributed by atoms with E-state index in [0.717, 1.165) is 48.7 Å². The van der Waals surface area contributed by atoms with Crippen molar-refractivity contribution in [2.24, 2.45) is 5.92 Å². The van der Waals surface area contributed by atoms with Gasteiger partial charge in [-0.05, 0) is 49.3 Å². The minimum Gasteiger partial charge on any atom is -0.454 e. The summed E-state index contributed by atoms with van der Waals surface area (Å²) in [5.41, 5.74) is 0.769. The average molecular weight is 272 g/mol. The second-order valence-corrected chi connectivity index (χ2v) is 5.92. The van der Waals surface area contributed by atoms with E-state index in [2.05, 4.69) is 18.3 Å². The predicted octanol–water partition coefficient (Wildman–Crippen LogP) is 2.98. The van der Waals surface area contributed by atoms with Gasteiger partial charge in [-0.25, -0.2) is 0 Å². The lowest BCUT2D eigenvalue weighted by Gasteiger charge is -2.34. The fraction of sp³-hybridized carbons (Fsp3) is 0.562. The van der Waals surface area contributed by atoms with Crippen LogP contribution in [0.5, 0.6) is 11.5 Å². The van der Waals surface area contributed by atoms with Crippen LogP contribution in [0.1, 0.15) is 38.2 Å². The first-order valence-corrected chi connectivity index (χ1v) is 7.26. The Hall–Kier alpha value is -1.73. The molecule has 0 spiro atoms. The molecule has 2 aliphatic rings. The molecule has 106 valence electrons. The van der Waals surface area contributed by atoms with Gasteiger partial charge in [-0.1, -0.05) is 13.0 Å². The van der Waals surface area contributed by atoms with Gasteiger partial charge < -0.3 is 9.47 Å². The van der Waals surface area contributed by atoms with Gasteiger partial charge in [0.1, 0.15) is 5.54 Å². The largest absolute Gasteiger partial charge is 0.454 e. The van der Waals surface area contributed by atoms with Crippen LogP contribution in [0.3, 0.4) is 0 Å². The molecule has 1 aromatic carbocycles. The summed E-state index contributed by atoms with van der Waals surface area (Å²) in [7, 11) is 0. The summed E-state index contributed by atoms with van der Waals surface area (Å²) in [4.78, 5) is 0. The first kappa shape index (κ1) is 13.3. The van der Waals surface area contributed by atoms with Gasteiger partial charge >= 0.3 is 0 Å². The number of hydrogen-bond donors (Lipinski definition) is 1. The molecule has 1 fully saturated rings. The Morgan fingerprint density at radius 1 is 1.30 bits per heavy atom. The minimum atomic E-state index is -0.358.